The summed E-state index contributed by atoms with van der Waals surface area (Å²) in [6, 6.07) is 35.4. The first kappa shape index (κ1) is 54.5. The van der Waals surface area contributed by atoms with Crippen LogP contribution in [0.1, 0.15) is 78.4 Å². The highest BCUT2D eigenvalue weighted by atomic mass is 32.2. The van der Waals surface area contributed by atoms with Crippen LogP contribution in [0.4, 0.5) is 22.7 Å². The van der Waals surface area contributed by atoms with E-state index in [1.165, 1.54) is 38.1 Å². The van der Waals surface area contributed by atoms with Crippen LogP contribution in [0.2, 0.25) is 0 Å². The molecule has 2 aliphatic heterocycles. The van der Waals surface area contributed by atoms with E-state index in [0.717, 1.165) is 62.1 Å². The lowest BCUT2D eigenvalue weighted by Crippen LogP contribution is -2.30. The largest absolute Gasteiger partial charge is 0.748 e. The van der Waals surface area contributed by atoms with Crippen LogP contribution in [0, 0.1) is 0 Å². The Morgan fingerprint density at radius 2 is 1.13 bits per heavy atom. The molecule has 2 atom stereocenters. The molecule has 15 nitrogen and oxygen atoms in total. The van der Waals surface area contributed by atoms with Crippen molar-refractivity contribution < 1.29 is 56.5 Å². The Balaban J connectivity index is 1.23. The fourth-order valence-electron chi connectivity index (χ4n) is 11.1. The molecule has 6 aromatic carbocycles. The fraction of sp³-hybridized carbons (Fsp3) is 0.281. The summed E-state index contributed by atoms with van der Waals surface area (Å²) in [7, 11) is -18.8. The zero-order valence-electron chi connectivity index (χ0n) is 42.6. The van der Waals surface area contributed by atoms with Gasteiger partial charge >= 0.3 is 0 Å². The molecule has 0 fully saturated rings. The third-order valence-corrected chi connectivity index (χ3v) is 19.2. The van der Waals surface area contributed by atoms with E-state index in [9.17, 15) is 51.9 Å². The molecule has 9 rings (SSSR count). The van der Waals surface area contributed by atoms with Gasteiger partial charge in [0.25, 0.3) is 0 Å². The molecule has 0 bridgehead atoms. The van der Waals surface area contributed by atoms with E-state index in [4.69, 9.17) is 0 Å². The Morgan fingerprint density at radius 1 is 0.605 bits per heavy atom. The van der Waals surface area contributed by atoms with E-state index >= 15 is 0 Å². The molecule has 0 radical (unpaired) electrons. The van der Waals surface area contributed by atoms with E-state index < -0.39 is 61.8 Å². The Morgan fingerprint density at radius 3 is 1.67 bits per heavy atom. The molecule has 76 heavy (non-hydrogen) atoms. The minimum absolute atomic E-state index is 0.0110. The number of hydrogen-bond donors (Lipinski definition) is 0. The second-order valence-corrected chi connectivity index (χ2v) is 27.0. The summed E-state index contributed by atoms with van der Waals surface area (Å²) in [6.45, 7) is 11.2. The van der Waals surface area contributed by atoms with E-state index in [2.05, 4.69) is 17.1 Å². The minimum atomic E-state index is -4.76. The van der Waals surface area contributed by atoms with Gasteiger partial charge in [-0.15, -0.1) is 0 Å². The summed E-state index contributed by atoms with van der Waals surface area (Å²) in [5.74, 6) is 0. The molecule has 0 saturated carbocycles. The van der Waals surface area contributed by atoms with Gasteiger partial charge in [0.05, 0.1) is 46.4 Å². The van der Waals surface area contributed by atoms with E-state index in [-0.39, 0.29) is 35.7 Å². The fourth-order valence-corrected chi connectivity index (χ4v) is 12.9. The zero-order valence-corrected chi connectivity index (χ0v) is 45.9. The molecular weight excluding hydrogens is 1050 g/mol. The summed E-state index contributed by atoms with van der Waals surface area (Å²) in [4.78, 5) is 3.46. The van der Waals surface area contributed by atoms with Crippen molar-refractivity contribution in [2.24, 2.45) is 0 Å². The van der Waals surface area contributed by atoms with Gasteiger partial charge in [0.2, 0.25) is 5.69 Å². The lowest BCUT2D eigenvalue weighted by molar-refractivity contribution is -0.438. The molecule has 0 saturated heterocycles. The smallest absolute Gasteiger partial charge is 0.210 e. The third-order valence-electron chi connectivity index (χ3n) is 15.1. The first-order chi connectivity index (χ1) is 35.6. The number of fused-ring (bicyclic) bond motifs is 6. The molecule has 398 valence electrons. The number of rotatable bonds is 16. The van der Waals surface area contributed by atoms with Crippen molar-refractivity contribution in [2.75, 3.05) is 22.9 Å². The van der Waals surface area contributed by atoms with Crippen molar-refractivity contribution in [3.63, 3.8) is 0 Å². The second-order valence-electron chi connectivity index (χ2n) is 20.7. The normalized spacial score (nSPS) is 18.6. The van der Waals surface area contributed by atoms with Crippen molar-refractivity contribution in [1.29, 1.82) is 0 Å². The van der Waals surface area contributed by atoms with Crippen molar-refractivity contribution in [1.82, 2.24) is 0 Å². The summed E-state index contributed by atoms with van der Waals surface area (Å²) in [5, 5.41) is 0.0765. The van der Waals surface area contributed by atoms with Gasteiger partial charge in [-0.05, 0) is 152 Å². The van der Waals surface area contributed by atoms with Crippen LogP contribution < -0.4 is 9.80 Å². The number of para-hydroxylation sites is 2. The average Bonchev–Trinajstić information content (AvgIpc) is 3.93. The van der Waals surface area contributed by atoms with Crippen LogP contribution in [-0.2, 0) is 51.3 Å². The maximum atomic E-state index is 12.2. The zero-order chi connectivity index (χ0) is 54.9. The van der Waals surface area contributed by atoms with Crippen LogP contribution in [0.25, 0.3) is 21.5 Å². The number of allylic oxidation sites excluding steroid dienone is 7. The van der Waals surface area contributed by atoms with Gasteiger partial charge in [-0.2, -0.15) is 4.58 Å². The van der Waals surface area contributed by atoms with Gasteiger partial charge < -0.3 is 28.0 Å². The lowest BCUT2D eigenvalue weighted by Gasteiger charge is -2.30. The topological polar surface area (TPSA) is 238 Å². The van der Waals surface area contributed by atoms with Crippen LogP contribution in [0.3, 0.4) is 0 Å². The number of nitrogens with zero attached hydrogens (tertiary/aromatic N) is 3. The SMILES string of the molecule is CC(CCN1/C(=C\C=C2/CCC(/C=C/C3=[N+](CCC(C)S(=O)(=O)[O-])c4ccc5cc(S(=O)(=O)[O-])ccc5c4C3(C)C)=C2N(c2ccccc2)c2ccccc2)C(C)(C)c2c1ccc1cc(S(=O)(=O)[O-])ccc21)S(=O)(=O)[O-]. The highest BCUT2D eigenvalue weighted by molar-refractivity contribution is 7.86. The summed E-state index contributed by atoms with van der Waals surface area (Å²) in [5.41, 5.74) is 7.63. The standard InChI is InChI=1S/C57H59N3O12S4/c1-37(73(61,62)63)31-33-58-49-27-19-41-35-45(75(67,68)69)23-25-47(41)53(49)56(3,4)51(58)29-21-39-17-18-40(55(39)60(43-13-9-7-10-14-43)44-15-11-8-12-16-44)22-30-52-57(5,6)54-48-26-24-46(76(70,71)72)36-42(48)20-28-50(54)59(52)34-32-38(2)74(64,65)66/h7-16,19-30,35-38H,17-18,31-34H2,1-6H3,(H3-,61,62,63,64,65,66,67,68,69,70,71,72)/p-3. The molecule has 19 heteroatoms. The van der Waals surface area contributed by atoms with Crippen molar-refractivity contribution in [2.45, 2.75) is 98.3 Å². The molecular formula is C57H56N3O12S4-3. The van der Waals surface area contributed by atoms with Crippen LogP contribution in [-0.4, -0.2) is 85.8 Å². The second kappa shape index (κ2) is 19.9. The number of benzene rings is 6. The van der Waals surface area contributed by atoms with Crippen LogP contribution in [0.5, 0.6) is 0 Å². The van der Waals surface area contributed by atoms with Crippen molar-refractivity contribution in [3.8, 4) is 0 Å². The summed E-state index contributed by atoms with van der Waals surface area (Å²) >= 11 is 0. The van der Waals surface area contributed by atoms with E-state index in [1.807, 2.05) is 122 Å². The van der Waals surface area contributed by atoms with Crippen molar-refractivity contribution in [3.05, 3.63) is 179 Å². The van der Waals surface area contributed by atoms with Crippen molar-refractivity contribution >= 4 is 90.5 Å². The Labute approximate surface area is 444 Å². The third kappa shape index (κ3) is 10.3. The predicted octanol–water partition coefficient (Wildman–Crippen LogP) is 9.88. The minimum Gasteiger partial charge on any atom is -0.748 e. The Kier molecular flexibility index (Phi) is 14.3. The molecule has 0 spiro atoms. The van der Waals surface area contributed by atoms with Crippen LogP contribution >= 0.6 is 0 Å². The molecule has 6 aromatic rings. The molecule has 3 aliphatic rings. The predicted molar refractivity (Wildman–Crippen MR) is 291 cm³/mol. The molecule has 0 aromatic heterocycles. The average molecular weight is 1100 g/mol. The Bertz CT molecular complexity index is 3940. The monoisotopic (exact) mass is 1100 g/mol. The summed E-state index contributed by atoms with van der Waals surface area (Å²) in [6.07, 6.45) is 9.31. The Hall–Kier alpha value is -6.29. The lowest BCUT2D eigenvalue weighted by atomic mass is 9.79. The van der Waals surface area contributed by atoms with Gasteiger partial charge in [-0.25, -0.2) is 33.7 Å². The molecule has 1 aliphatic carbocycles. The van der Waals surface area contributed by atoms with E-state index in [0.29, 0.717) is 34.4 Å². The molecule has 0 amide bonds. The highest BCUT2D eigenvalue weighted by Gasteiger charge is 2.46. The highest BCUT2D eigenvalue weighted by Crippen LogP contribution is 2.52. The first-order valence-electron chi connectivity index (χ1n) is 24.7. The maximum Gasteiger partial charge on any atom is 0.210 e. The number of anilines is 3. The first-order valence-corrected chi connectivity index (χ1v) is 30.5. The van der Waals surface area contributed by atoms with Crippen LogP contribution in [0.15, 0.2) is 178 Å². The van der Waals surface area contributed by atoms with E-state index in [1.54, 1.807) is 24.3 Å². The molecule has 2 unspecified atom stereocenters. The molecule has 0 N–H and O–H groups in total. The van der Waals surface area contributed by atoms with Gasteiger partial charge in [-0.3, -0.25) is 0 Å². The molecule has 2 heterocycles. The summed E-state index contributed by atoms with van der Waals surface area (Å²) < 4.78 is 148. The van der Waals surface area contributed by atoms with Gasteiger partial charge in [0.1, 0.15) is 20.2 Å². The number of hydrogen-bond acceptors (Lipinski definition) is 14. The quantitative estimate of drug-likeness (QED) is 0.0648. The van der Waals surface area contributed by atoms with Gasteiger partial charge in [0, 0.05) is 64.1 Å². The van der Waals surface area contributed by atoms with Gasteiger partial charge in [0.15, 0.2) is 12.3 Å². The maximum absolute atomic E-state index is 12.2. The van der Waals surface area contributed by atoms with Gasteiger partial charge in [-0.1, -0.05) is 80.6 Å².